The zero-order chi connectivity index (χ0) is 13.9. The third-order valence-electron chi connectivity index (χ3n) is 2.34. The summed E-state index contributed by atoms with van der Waals surface area (Å²) in [6, 6.07) is 1.40. The molecule has 0 bridgehead atoms. The van der Waals surface area contributed by atoms with Gasteiger partial charge in [-0.2, -0.15) is 0 Å². The highest BCUT2D eigenvalue weighted by Crippen LogP contribution is 2.26. The summed E-state index contributed by atoms with van der Waals surface area (Å²) in [6.45, 7) is 3.13. The minimum absolute atomic E-state index is 0.166. The summed E-state index contributed by atoms with van der Waals surface area (Å²) in [5.74, 6) is -0.384. The molecule has 0 amide bonds. The molecule has 1 aromatic heterocycles. The number of alkyl halides is 1. The van der Waals surface area contributed by atoms with Gasteiger partial charge in [0.2, 0.25) is 14.9 Å². The maximum atomic E-state index is 12.1. The smallest absolute Gasteiger partial charge is 0.258 e. The average molecular weight is 293 g/mol. The fourth-order valence-electron chi connectivity index (χ4n) is 1.47. The average Bonchev–Trinajstić information content (AvgIpc) is 2.27. The topological polar surface area (TPSA) is 90.2 Å². The zero-order valence-corrected chi connectivity index (χ0v) is 11.5. The Morgan fingerprint density at radius 2 is 2.17 bits per heavy atom. The van der Waals surface area contributed by atoms with Gasteiger partial charge in [0.1, 0.15) is 0 Å². The van der Waals surface area contributed by atoms with Crippen LogP contribution in [0, 0.1) is 23.0 Å². The van der Waals surface area contributed by atoms with E-state index in [-0.39, 0.29) is 23.1 Å². The van der Waals surface area contributed by atoms with E-state index >= 15 is 0 Å². The molecular formula is C10H13ClN2O4S. The lowest BCUT2D eigenvalue weighted by Gasteiger charge is -2.09. The van der Waals surface area contributed by atoms with Gasteiger partial charge in [-0.25, -0.2) is 13.4 Å². The molecule has 8 heteroatoms. The van der Waals surface area contributed by atoms with Gasteiger partial charge in [-0.15, -0.1) is 11.6 Å². The van der Waals surface area contributed by atoms with Crippen molar-refractivity contribution in [1.82, 2.24) is 4.98 Å². The second-order valence-corrected chi connectivity index (χ2v) is 6.34. The number of sulfone groups is 1. The van der Waals surface area contributed by atoms with Gasteiger partial charge < -0.3 is 0 Å². The van der Waals surface area contributed by atoms with Gasteiger partial charge in [0.05, 0.1) is 10.7 Å². The highest BCUT2D eigenvalue weighted by atomic mass is 35.5. The van der Waals surface area contributed by atoms with Crippen LogP contribution in [0.1, 0.15) is 12.5 Å². The van der Waals surface area contributed by atoms with Crippen molar-refractivity contribution in [3.63, 3.8) is 0 Å². The summed E-state index contributed by atoms with van der Waals surface area (Å²) in [6.07, 6.45) is 1.25. The maximum absolute atomic E-state index is 12.1. The lowest BCUT2D eigenvalue weighted by atomic mass is 10.2. The summed E-state index contributed by atoms with van der Waals surface area (Å²) in [5.41, 5.74) is -0.189. The molecule has 1 heterocycles. The second-order valence-electron chi connectivity index (χ2n) is 4.08. The Kier molecular flexibility index (Phi) is 4.64. The standard InChI is InChI=1S/C10H13ClN2O4S/c1-7(5-11)6-18(16,17)10-9(13(14)15)8(2)3-4-12-10/h3-4,7H,5-6H2,1-2H3. The number of nitrogens with zero attached hydrogens (tertiary/aromatic N) is 2. The van der Waals surface area contributed by atoms with Crippen molar-refractivity contribution in [2.75, 3.05) is 11.6 Å². The van der Waals surface area contributed by atoms with Crippen molar-refractivity contribution in [2.24, 2.45) is 5.92 Å². The van der Waals surface area contributed by atoms with Crippen LogP contribution in [0.4, 0.5) is 5.69 Å². The Bertz CT molecular complexity index is 559. The van der Waals surface area contributed by atoms with Gasteiger partial charge >= 0.3 is 5.69 Å². The number of nitro groups is 1. The predicted molar refractivity (Wildman–Crippen MR) is 67.6 cm³/mol. The summed E-state index contributed by atoms with van der Waals surface area (Å²) in [5, 5.41) is 10.4. The summed E-state index contributed by atoms with van der Waals surface area (Å²) in [7, 11) is -3.81. The van der Waals surface area contributed by atoms with Crippen LogP contribution in [0.15, 0.2) is 17.3 Å². The monoisotopic (exact) mass is 292 g/mol. The van der Waals surface area contributed by atoms with Gasteiger partial charge in [-0.05, 0) is 18.9 Å². The Balaban J connectivity index is 3.33. The molecule has 0 spiro atoms. The van der Waals surface area contributed by atoms with E-state index in [9.17, 15) is 18.5 Å². The molecule has 6 nitrogen and oxygen atoms in total. The van der Waals surface area contributed by atoms with E-state index in [4.69, 9.17) is 11.6 Å². The number of pyridine rings is 1. The minimum atomic E-state index is -3.81. The molecule has 0 saturated heterocycles. The molecule has 0 aromatic carbocycles. The Morgan fingerprint density at radius 3 is 2.67 bits per heavy atom. The lowest BCUT2D eigenvalue weighted by molar-refractivity contribution is -0.388. The Morgan fingerprint density at radius 1 is 1.56 bits per heavy atom. The first kappa shape index (κ1) is 14.8. The second kappa shape index (κ2) is 5.62. The van der Waals surface area contributed by atoms with E-state index < -0.39 is 25.5 Å². The largest absolute Gasteiger partial charge is 0.309 e. The van der Waals surface area contributed by atoms with E-state index in [1.165, 1.54) is 19.2 Å². The van der Waals surface area contributed by atoms with E-state index in [0.717, 1.165) is 0 Å². The zero-order valence-electron chi connectivity index (χ0n) is 9.96. The van der Waals surface area contributed by atoms with E-state index in [1.54, 1.807) is 6.92 Å². The van der Waals surface area contributed by atoms with Crippen LogP contribution < -0.4 is 0 Å². The van der Waals surface area contributed by atoms with Crippen LogP contribution in [0.3, 0.4) is 0 Å². The Hall–Kier alpha value is -1.21. The number of hydrogen-bond acceptors (Lipinski definition) is 5. The molecular weight excluding hydrogens is 280 g/mol. The molecule has 1 atom stereocenters. The van der Waals surface area contributed by atoms with Crippen LogP contribution in [-0.4, -0.2) is 30.0 Å². The van der Waals surface area contributed by atoms with Gasteiger partial charge in [0, 0.05) is 17.6 Å². The van der Waals surface area contributed by atoms with Crippen LogP contribution in [-0.2, 0) is 9.84 Å². The molecule has 0 saturated carbocycles. The van der Waals surface area contributed by atoms with Crippen LogP contribution in [0.2, 0.25) is 0 Å². The van der Waals surface area contributed by atoms with Crippen molar-refractivity contribution < 1.29 is 13.3 Å². The maximum Gasteiger partial charge on any atom is 0.309 e. The first-order valence-corrected chi connectivity index (χ1v) is 7.37. The molecule has 18 heavy (non-hydrogen) atoms. The van der Waals surface area contributed by atoms with E-state index in [2.05, 4.69) is 4.98 Å². The van der Waals surface area contributed by atoms with Crippen molar-refractivity contribution >= 4 is 27.1 Å². The van der Waals surface area contributed by atoms with Crippen LogP contribution in [0.25, 0.3) is 0 Å². The van der Waals surface area contributed by atoms with Gasteiger partial charge in [0.15, 0.2) is 0 Å². The fraction of sp³-hybridized carbons (Fsp3) is 0.500. The molecule has 0 aliphatic rings. The summed E-state index contributed by atoms with van der Waals surface area (Å²) >= 11 is 5.56. The number of halogens is 1. The summed E-state index contributed by atoms with van der Waals surface area (Å²) < 4.78 is 24.1. The highest BCUT2D eigenvalue weighted by molar-refractivity contribution is 7.91. The normalized spacial score (nSPS) is 13.3. The molecule has 0 radical (unpaired) electrons. The minimum Gasteiger partial charge on any atom is -0.258 e. The first-order chi connectivity index (χ1) is 8.29. The molecule has 1 aromatic rings. The molecule has 1 unspecified atom stereocenters. The summed E-state index contributed by atoms with van der Waals surface area (Å²) in [4.78, 5) is 13.8. The number of hydrogen-bond donors (Lipinski definition) is 0. The SMILES string of the molecule is Cc1ccnc(S(=O)(=O)CC(C)CCl)c1[N+](=O)[O-]. The third kappa shape index (κ3) is 3.17. The predicted octanol–water partition coefficient (Wildman–Crippen LogP) is 1.95. The molecule has 100 valence electrons. The van der Waals surface area contributed by atoms with Crippen molar-refractivity contribution in [3.05, 3.63) is 27.9 Å². The molecule has 0 aliphatic carbocycles. The van der Waals surface area contributed by atoms with Gasteiger partial charge in [-0.1, -0.05) is 6.92 Å². The lowest BCUT2D eigenvalue weighted by Crippen LogP contribution is -2.18. The van der Waals surface area contributed by atoms with Crippen molar-refractivity contribution in [1.29, 1.82) is 0 Å². The highest BCUT2D eigenvalue weighted by Gasteiger charge is 2.30. The molecule has 0 aliphatic heterocycles. The quantitative estimate of drug-likeness (QED) is 0.470. The molecule has 0 N–H and O–H groups in total. The number of rotatable bonds is 5. The van der Waals surface area contributed by atoms with Gasteiger partial charge in [0.25, 0.3) is 0 Å². The Labute approximate surface area is 110 Å². The van der Waals surface area contributed by atoms with Crippen LogP contribution in [0.5, 0.6) is 0 Å². The van der Waals surface area contributed by atoms with Crippen molar-refractivity contribution in [2.45, 2.75) is 18.9 Å². The number of aryl methyl sites for hydroxylation is 1. The van der Waals surface area contributed by atoms with E-state index in [1.807, 2.05) is 0 Å². The first-order valence-electron chi connectivity index (χ1n) is 5.18. The van der Waals surface area contributed by atoms with E-state index in [0.29, 0.717) is 0 Å². The van der Waals surface area contributed by atoms with Gasteiger partial charge in [-0.3, -0.25) is 10.1 Å². The third-order valence-corrected chi connectivity index (χ3v) is 4.76. The van der Waals surface area contributed by atoms with Crippen LogP contribution >= 0.6 is 11.6 Å². The molecule has 1 rings (SSSR count). The fourth-order valence-corrected chi connectivity index (χ4v) is 3.49. The van der Waals surface area contributed by atoms with Crippen molar-refractivity contribution in [3.8, 4) is 0 Å². The molecule has 0 fully saturated rings. The number of aromatic nitrogens is 1.